The Morgan fingerprint density at radius 2 is 1.60 bits per heavy atom. The number of benzene rings is 1. The van der Waals surface area contributed by atoms with Gasteiger partial charge in [-0.15, -0.1) is 0 Å². The lowest BCUT2D eigenvalue weighted by Crippen LogP contribution is -2.28. The van der Waals surface area contributed by atoms with E-state index in [1.165, 1.54) is 32.1 Å². The van der Waals surface area contributed by atoms with Gasteiger partial charge in [0.15, 0.2) is 0 Å². The van der Waals surface area contributed by atoms with Crippen molar-refractivity contribution >= 4 is 5.69 Å². The van der Waals surface area contributed by atoms with Crippen molar-refractivity contribution in [1.29, 1.82) is 0 Å². The average Bonchev–Trinajstić information content (AvgIpc) is 3.23. The molecule has 1 nitrogen and oxygen atoms in total. The Balaban J connectivity index is 1.59. The second kappa shape index (κ2) is 5.30. The van der Waals surface area contributed by atoms with Crippen LogP contribution in [0.4, 0.5) is 18.9 Å². The predicted octanol–water partition coefficient (Wildman–Crippen LogP) is 5.09. The van der Waals surface area contributed by atoms with Gasteiger partial charge in [-0.25, -0.2) is 0 Å². The summed E-state index contributed by atoms with van der Waals surface area (Å²) in [6.45, 7) is 0. The lowest BCUT2D eigenvalue weighted by atomic mass is 9.82. The summed E-state index contributed by atoms with van der Waals surface area (Å²) in [5, 5.41) is 3.40. The molecule has 0 radical (unpaired) electrons. The number of anilines is 1. The molecule has 2 aliphatic carbocycles. The smallest absolute Gasteiger partial charge is 0.382 e. The summed E-state index contributed by atoms with van der Waals surface area (Å²) in [6.07, 6.45) is 3.36. The lowest BCUT2D eigenvalue weighted by Gasteiger charge is -2.30. The van der Waals surface area contributed by atoms with E-state index in [9.17, 15) is 13.2 Å². The molecule has 1 N–H and O–H groups in total. The van der Waals surface area contributed by atoms with Crippen LogP contribution in [0, 0.1) is 11.8 Å². The molecule has 20 heavy (non-hydrogen) atoms. The molecule has 2 fully saturated rings. The van der Waals surface area contributed by atoms with Crippen molar-refractivity contribution in [3.05, 3.63) is 29.8 Å². The van der Waals surface area contributed by atoms with Crippen LogP contribution in [0.25, 0.3) is 0 Å². The van der Waals surface area contributed by atoms with Crippen LogP contribution in [0.3, 0.4) is 0 Å². The maximum Gasteiger partial charge on any atom is 0.416 e. The van der Waals surface area contributed by atoms with Gasteiger partial charge in [-0.1, -0.05) is 12.8 Å². The number of hydrogen-bond acceptors (Lipinski definition) is 1. The first kappa shape index (κ1) is 13.8. The number of halogens is 3. The normalized spacial score (nSPS) is 27.4. The van der Waals surface area contributed by atoms with E-state index in [2.05, 4.69) is 5.32 Å². The highest BCUT2D eigenvalue weighted by Crippen LogP contribution is 2.44. The van der Waals surface area contributed by atoms with E-state index in [1.807, 2.05) is 0 Å². The third kappa shape index (κ3) is 3.28. The molecule has 1 aromatic rings. The van der Waals surface area contributed by atoms with Gasteiger partial charge in [-0.2, -0.15) is 13.2 Å². The first-order chi connectivity index (χ1) is 9.52. The van der Waals surface area contributed by atoms with Crippen LogP contribution in [0.1, 0.15) is 44.1 Å². The number of alkyl halides is 3. The van der Waals surface area contributed by atoms with Gasteiger partial charge in [0.1, 0.15) is 0 Å². The molecule has 0 aliphatic heterocycles. The van der Waals surface area contributed by atoms with Crippen LogP contribution in [0.2, 0.25) is 0 Å². The fourth-order valence-corrected chi connectivity index (χ4v) is 3.35. The maximum absolute atomic E-state index is 12.5. The Kier molecular flexibility index (Phi) is 3.65. The summed E-state index contributed by atoms with van der Waals surface area (Å²) < 4.78 is 37.5. The fourth-order valence-electron chi connectivity index (χ4n) is 3.35. The Hall–Kier alpha value is -1.19. The molecule has 0 bridgehead atoms. The van der Waals surface area contributed by atoms with Gasteiger partial charge in [0.25, 0.3) is 0 Å². The molecule has 0 aromatic heterocycles. The molecule has 0 saturated heterocycles. The molecule has 110 valence electrons. The molecule has 2 aliphatic rings. The molecule has 0 spiro atoms. The van der Waals surface area contributed by atoms with E-state index >= 15 is 0 Å². The van der Waals surface area contributed by atoms with E-state index in [0.717, 1.165) is 36.1 Å². The van der Waals surface area contributed by atoms with Crippen molar-refractivity contribution in [2.24, 2.45) is 11.8 Å². The third-order valence-corrected chi connectivity index (χ3v) is 4.59. The second-order valence-corrected chi connectivity index (χ2v) is 6.18. The maximum atomic E-state index is 12.5. The van der Waals surface area contributed by atoms with Gasteiger partial charge < -0.3 is 5.32 Å². The van der Waals surface area contributed by atoms with Crippen molar-refractivity contribution in [3.63, 3.8) is 0 Å². The van der Waals surface area contributed by atoms with Gasteiger partial charge in [0.2, 0.25) is 0 Å². The molecule has 2 atom stereocenters. The summed E-state index contributed by atoms with van der Waals surface area (Å²) >= 11 is 0. The van der Waals surface area contributed by atoms with Gasteiger partial charge in [-0.3, -0.25) is 0 Å². The van der Waals surface area contributed by atoms with Crippen molar-refractivity contribution in [2.75, 3.05) is 5.32 Å². The van der Waals surface area contributed by atoms with Crippen LogP contribution in [-0.4, -0.2) is 6.04 Å². The zero-order valence-electron chi connectivity index (χ0n) is 11.4. The van der Waals surface area contributed by atoms with Crippen molar-refractivity contribution in [2.45, 2.75) is 50.7 Å². The van der Waals surface area contributed by atoms with Crippen LogP contribution < -0.4 is 5.32 Å². The second-order valence-electron chi connectivity index (χ2n) is 6.18. The number of hydrogen-bond donors (Lipinski definition) is 1. The molecule has 0 heterocycles. The SMILES string of the molecule is FC(F)(F)c1ccc(NC2CCCC(C3CC3)C2)cc1. The van der Waals surface area contributed by atoms with E-state index in [0.29, 0.717) is 6.04 Å². The van der Waals surface area contributed by atoms with Crippen molar-refractivity contribution in [3.8, 4) is 0 Å². The first-order valence-electron chi connectivity index (χ1n) is 7.46. The number of nitrogens with one attached hydrogen (secondary N) is 1. The van der Waals surface area contributed by atoms with Crippen LogP contribution in [-0.2, 0) is 6.18 Å². The average molecular weight is 283 g/mol. The van der Waals surface area contributed by atoms with Gasteiger partial charge in [-0.05, 0) is 61.8 Å². The van der Waals surface area contributed by atoms with Gasteiger partial charge >= 0.3 is 6.18 Å². The summed E-state index contributed by atoms with van der Waals surface area (Å²) in [5.41, 5.74) is 0.224. The molecular formula is C16H20F3N. The Morgan fingerprint density at radius 1 is 0.900 bits per heavy atom. The summed E-state index contributed by atoms with van der Waals surface area (Å²) in [4.78, 5) is 0. The minimum Gasteiger partial charge on any atom is -0.382 e. The summed E-state index contributed by atoms with van der Waals surface area (Å²) in [5.74, 6) is 1.75. The zero-order valence-corrected chi connectivity index (χ0v) is 11.4. The predicted molar refractivity (Wildman–Crippen MR) is 73.5 cm³/mol. The molecule has 2 saturated carbocycles. The minimum absolute atomic E-state index is 0.422. The number of rotatable bonds is 3. The first-order valence-corrected chi connectivity index (χ1v) is 7.46. The van der Waals surface area contributed by atoms with E-state index in [-0.39, 0.29) is 0 Å². The topological polar surface area (TPSA) is 12.0 Å². The van der Waals surface area contributed by atoms with Crippen LogP contribution in [0.15, 0.2) is 24.3 Å². The van der Waals surface area contributed by atoms with Gasteiger partial charge in [0.05, 0.1) is 5.56 Å². The summed E-state index contributed by atoms with van der Waals surface area (Å²) in [6, 6.07) is 5.83. The molecule has 3 rings (SSSR count). The monoisotopic (exact) mass is 283 g/mol. The highest BCUT2D eigenvalue weighted by Gasteiger charge is 2.34. The largest absolute Gasteiger partial charge is 0.416 e. The highest BCUT2D eigenvalue weighted by atomic mass is 19.4. The van der Waals surface area contributed by atoms with Crippen LogP contribution >= 0.6 is 0 Å². The van der Waals surface area contributed by atoms with Crippen LogP contribution in [0.5, 0.6) is 0 Å². The van der Waals surface area contributed by atoms with Crippen molar-refractivity contribution in [1.82, 2.24) is 0 Å². The Labute approximate surface area is 117 Å². The summed E-state index contributed by atoms with van der Waals surface area (Å²) in [7, 11) is 0. The third-order valence-electron chi connectivity index (χ3n) is 4.59. The van der Waals surface area contributed by atoms with Gasteiger partial charge in [0, 0.05) is 11.7 Å². The molecule has 1 aromatic carbocycles. The lowest BCUT2D eigenvalue weighted by molar-refractivity contribution is -0.137. The quantitative estimate of drug-likeness (QED) is 0.815. The van der Waals surface area contributed by atoms with E-state index in [1.54, 1.807) is 12.1 Å². The Bertz CT molecular complexity index is 448. The highest BCUT2D eigenvalue weighted by molar-refractivity contribution is 5.46. The Morgan fingerprint density at radius 3 is 2.20 bits per heavy atom. The van der Waals surface area contributed by atoms with E-state index < -0.39 is 11.7 Å². The molecule has 4 heteroatoms. The molecule has 0 amide bonds. The molecular weight excluding hydrogens is 263 g/mol. The van der Waals surface area contributed by atoms with Crippen molar-refractivity contribution < 1.29 is 13.2 Å². The molecule has 2 unspecified atom stereocenters. The van der Waals surface area contributed by atoms with E-state index in [4.69, 9.17) is 0 Å². The standard InChI is InChI=1S/C16H20F3N/c17-16(18,19)13-6-8-14(9-7-13)20-15-3-1-2-12(10-15)11-4-5-11/h6-9,11-12,15,20H,1-5,10H2. The minimum atomic E-state index is -4.25. The fraction of sp³-hybridized carbons (Fsp3) is 0.625. The zero-order chi connectivity index (χ0) is 14.2.